The molecule has 0 saturated carbocycles. The van der Waals surface area contributed by atoms with E-state index in [2.05, 4.69) is 41.7 Å². The largest absolute Gasteiger partial charge is 0.326 e. The van der Waals surface area contributed by atoms with Crippen LogP contribution in [0.3, 0.4) is 0 Å². The lowest BCUT2D eigenvalue weighted by Gasteiger charge is -2.14. The summed E-state index contributed by atoms with van der Waals surface area (Å²) >= 11 is 6.60. The van der Waals surface area contributed by atoms with Gasteiger partial charge in [0, 0.05) is 18.7 Å². The predicted molar refractivity (Wildman–Crippen MR) is 119 cm³/mol. The fraction of sp³-hybridized carbons (Fsp3) is 0.318. The van der Waals surface area contributed by atoms with Crippen LogP contribution in [0.5, 0.6) is 0 Å². The van der Waals surface area contributed by atoms with Gasteiger partial charge in [-0.2, -0.15) is 0 Å². The Bertz CT molecular complexity index is 926. The minimum atomic E-state index is 0.0366. The third-order valence-corrected chi connectivity index (χ3v) is 6.64. The number of nitrogens with one attached hydrogen (secondary N) is 1. The van der Waals surface area contributed by atoms with Gasteiger partial charge in [0.25, 0.3) is 0 Å². The van der Waals surface area contributed by atoms with Crippen LogP contribution in [0.1, 0.15) is 36.8 Å². The molecule has 1 fully saturated rings. The van der Waals surface area contributed by atoms with Crippen molar-refractivity contribution in [1.82, 2.24) is 4.90 Å². The zero-order chi connectivity index (χ0) is 19.5. The summed E-state index contributed by atoms with van der Waals surface area (Å²) in [7, 11) is 0. The molecule has 4 rings (SSSR count). The molecule has 1 aliphatic heterocycles. The van der Waals surface area contributed by atoms with Crippen LogP contribution in [0.15, 0.2) is 42.5 Å². The number of rotatable bonds is 7. The molecule has 2 aromatic rings. The number of thiocarbonyl (C=S) groups is 1. The molecule has 144 valence electrons. The quantitative estimate of drug-likeness (QED) is 0.456. The molecule has 0 radical (unpaired) electrons. The Labute approximate surface area is 174 Å². The molecule has 1 saturated heterocycles. The third-order valence-electron chi connectivity index (χ3n) is 5.21. The highest BCUT2D eigenvalue weighted by molar-refractivity contribution is 8.23. The lowest BCUT2D eigenvalue weighted by molar-refractivity contribution is -0.124. The van der Waals surface area contributed by atoms with Gasteiger partial charge in [-0.3, -0.25) is 14.5 Å². The molecule has 2 aliphatic rings. The van der Waals surface area contributed by atoms with Crippen molar-refractivity contribution >= 4 is 45.8 Å². The number of hydrogen-bond donors (Lipinski definition) is 1. The fourth-order valence-electron chi connectivity index (χ4n) is 3.75. The summed E-state index contributed by atoms with van der Waals surface area (Å²) in [5, 5.41) is 3.02. The lowest BCUT2D eigenvalue weighted by Crippen LogP contribution is -2.29. The van der Waals surface area contributed by atoms with Gasteiger partial charge in [0.15, 0.2) is 0 Å². The van der Waals surface area contributed by atoms with Crippen molar-refractivity contribution in [3.63, 3.8) is 0 Å². The number of amides is 2. The number of thioether (sulfide) groups is 1. The van der Waals surface area contributed by atoms with Gasteiger partial charge in [0.1, 0.15) is 4.32 Å². The Kier molecular flexibility index (Phi) is 5.78. The highest BCUT2D eigenvalue weighted by Gasteiger charge is 2.25. The number of unbranched alkanes of at least 4 members (excludes halogenated alkanes) is 2. The Morgan fingerprint density at radius 3 is 2.71 bits per heavy atom. The van der Waals surface area contributed by atoms with E-state index in [0.717, 1.165) is 31.4 Å². The van der Waals surface area contributed by atoms with Crippen molar-refractivity contribution in [1.29, 1.82) is 0 Å². The van der Waals surface area contributed by atoms with Gasteiger partial charge >= 0.3 is 0 Å². The molecule has 0 unspecified atom stereocenters. The molecule has 1 N–H and O–H groups in total. The van der Waals surface area contributed by atoms with Crippen molar-refractivity contribution in [3.05, 3.63) is 53.6 Å². The number of benzene rings is 2. The monoisotopic (exact) mass is 410 g/mol. The third kappa shape index (κ3) is 4.13. The summed E-state index contributed by atoms with van der Waals surface area (Å²) in [5.74, 6) is 0.604. The maximum Gasteiger partial charge on any atom is 0.238 e. The van der Waals surface area contributed by atoms with Crippen LogP contribution in [0, 0.1) is 0 Å². The van der Waals surface area contributed by atoms with Crippen molar-refractivity contribution in [2.45, 2.75) is 32.1 Å². The Balaban J connectivity index is 1.24. The minimum Gasteiger partial charge on any atom is -0.326 e. The molecule has 2 amide bonds. The molecular formula is C22H22N2O2S2. The van der Waals surface area contributed by atoms with Crippen LogP contribution in [0.4, 0.5) is 5.69 Å². The molecule has 28 heavy (non-hydrogen) atoms. The standard InChI is InChI=1S/C22H22N2O2S2/c25-20(8-2-1-5-11-24-21(26)14-28-22(24)27)23-17-10-9-16-12-15-6-3-4-7-18(15)19(16)13-17/h3-4,6-7,9-10,13H,1-2,5,8,11-12,14H2,(H,23,25). The molecule has 1 heterocycles. The topological polar surface area (TPSA) is 49.4 Å². The molecule has 0 aromatic heterocycles. The molecular weight excluding hydrogens is 388 g/mol. The average Bonchev–Trinajstić information content (AvgIpc) is 3.21. The second-order valence-corrected chi connectivity index (χ2v) is 8.77. The van der Waals surface area contributed by atoms with Gasteiger partial charge in [-0.25, -0.2) is 0 Å². The Morgan fingerprint density at radius 1 is 1.07 bits per heavy atom. The Hall–Kier alpha value is -2.18. The molecule has 0 bridgehead atoms. The van der Waals surface area contributed by atoms with E-state index in [1.54, 1.807) is 4.90 Å². The van der Waals surface area contributed by atoms with Gasteiger partial charge in [0.05, 0.1) is 5.75 Å². The van der Waals surface area contributed by atoms with E-state index in [-0.39, 0.29) is 11.8 Å². The van der Waals surface area contributed by atoms with E-state index in [1.807, 2.05) is 6.07 Å². The minimum absolute atomic E-state index is 0.0366. The molecule has 2 aromatic carbocycles. The van der Waals surface area contributed by atoms with Crippen LogP contribution in [-0.4, -0.2) is 33.3 Å². The van der Waals surface area contributed by atoms with E-state index < -0.39 is 0 Å². The zero-order valence-electron chi connectivity index (χ0n) is 15.6. The highest BCUT2D eigenvalue weighted by atomic mass is 32.2. The molecule has 1 aliphatic carbocycles. The Morgan fingerprint density at radius 2 is 1.89 bits per heavy atom. The van der Waals surface area contributed by atoms with Crippen LogP contribution < -0.4 is 5.32 Å². The van der Waals surface area contributed by atoms with E-state index in [1.165, 1.54) is 34.0 Å². The number of anilines is 1. The summed E-state index contributed by atoms with van der Waals surface area (Å²) in [6.07, 6.45) is 4.03. The number of carbonyl (C=O) groups excluding carboxylic acids is 2. The first-order chi connectivity index (χ1) is 13.6. The normalized spacial score (nSPS) is 14.9. The molecule has 6 heteroatoms. The van der Waals surface area contributed by atoms with E-state index in [4.69, 9.17) is 12.2 Å². The van der Waals surface area contributed by atoms with Gasteiger partial charge in [-0.1, -0.05) is 60.7 Å². The van der Waals surface area contributed by atoms with Gasteiger partial charge in [0.2, 0.25) is 11.8 Å². The van der Waals surface area contributed by atoms with E-state index in [9.17, 15) is 9.59 Å². The fourth-order valence-corrected chi connectivity index (χ4v) is 4.88. The summed E-state index contributed by atoms with van der Waals surface area (Å²) in [5.41, 5.74) is 5.99. The maximum absolute atomic E-state index is 12.3. The second-order valence-electron chi connectivity index (χ2n) is 7.16. The van der Waals surface area contributed by atoms with E-state index in [0.29, 0.717) is 23.0 Å². The van der Waals surface area contributed by atoms with Crippen molar-refractivity contribution in [3.8, 4) is 11.1 Å². The van der Waals surface area contributed by atoms with Crippen LogP contribution in [0.25, 0.3) is 11.1 Å². The number of carbonyl (C=O) groups is 2. The number of fused-ring (bicyclic) bond motifs is 3. The lowest BCUT2D eigenvalue weighted by atomic mass is 10.1. The SMILES string of the molecule is O=C(CCCCCN1C(=O)CSC1=S)Nc1ccc2c(c1)-c1ccccc1C2. The first-order valence-electron chi connectivity index (χ1n) is 9.60. The molecule has 4 nitrogen and oxygen atoms in total. The zero-order valence-corrected chi connectivity index (χ0v) is 17.2. The summed E-state index contributed by atoms with van der Waals surface area (Å²) < 4.78 is 0.681. The molecule has 0 spiro atoms. The van der Waals surface area contributed by atoms with Crippen LogP contribution >= 0.6 is 24.0 Å². The average molecular weight is 411 g/mol. The maximum atomic E-state index is 12.3. The smallest absolute Gasteiger partial charge is 0.238 e. The van der Waals surface area contributed by atoms with Crippen molar-refractivity contribution in [2.75, 3.05) is 17.6 Å². The van der Waals surface area contributed by atoms with Crippen LogP contribution in [-0.2, 0) is 16.0 Å². The molecule has 0 atom stereocenters. The van der Waals surface area contributed by atoms with Gasteiger partial charge in [-0.15, -0.1) is 0 Å². The van der Waals surface area contributed by atoms with Gasteiger partial charge in [-0.05, 0) is 53.6 Å². The van der Waals surface area contributed by atoms with Crippen molar-refractivity contribution in [2.24, 2.45) is 0 Å². The summed E-state index contributed by atoms with van der Waals surface area (Å²) in [6, 6.07) is 14.6. The summed E-state index contributed by atoms with van der Waals surface area (Å²) in [6.45, 7) is 0.663. The van der Waals surface area contributed by atoms with Crippen LogP contribution in [0.2, 0.25) is 0 Å². The number of hydrogen-bond acceptors (Lipinski definition) is 4. The highest BCUT2D eigenvalue weighted by Crippen LogP contribution is 2.37. The van der Waals surface area contributed by atoms with E-state index >= 15 is 0 Å². The number of nitrogens with zero attached hydrogens (tertiary/aromatic N) is 1. The van der Waals surface area contributed by atoms with Crippen molar-refractivity contribution < 1.29 is 9.59 Å². The summed E-state index contributed by atoms with van der Waals surface area (Å²) in [4.78, 5) is 25.6. The first kappa shape index (κ1) is 19.2. The second kappa shape index (κ2) is 8.45. The predicted octanol–water partition coefficient (Wildman–Crippen LogP) is 4.62. The van der Waals surface area contributed by atoms with Gasteiger partial charge < -0.3 is 5.32 Å². The first-order valence-corrected chi connectivity index (χ1v) is 11.0.